The van der Waals surface area contributed by atoms with Gasteiger partial charge in [0.15, 0.2) is 0 Å². The Hall–Kier alpha value is -1.10. The van der Waals surface area contributed by atoms with Gasteiger partial charge in [-0.25, -0.2) is 0 Å². The van der Waals surface area contributed by atoms with Gasteiger partial charge >= 0.3 is 0 Å². The van der Waals surface area contributed by atoms with Crippen molar-refractivity contribution in [2.24, 2.45) is 11.8 Å². The summed E-state index contributed by atoms with van der Waals surface area (Å²) in [4.78, 5) is 23.0. The van der Waals surface area contributed by atoms with Crippen molar-refractivity contribution in [2.45, 2.75) is 39.2 Å². The molecule has 5 heteroatoms. The Morgan fingerprint density at radius 1 is 1.59 bits per heavy atom. The van der Waals surface area contributed by atoms with Crippen molar-refractivity contribution in [2.75, 3.05) is 13.1 Å². The first-order chi connectivity index (χ1) is 8.06. The molecule has 1 aliphatic rings. The molecule has 1 saturated heterocycles. The first-order valence-electron chi connectivity index (χ1n) is 6.29. The van der Waals surface area contributed by atoms with E-state index in [0.29, 0.717) is 12.5 Å². The lowest BCUT2D eigenvalue weighted by molar-refractivity contribution is -0.135. The maximum absolute atomic E-state index is 11.7. The summed E-state index contributed by atoms with van der Waals surface area (Å²) in [6, 6.07) is 0. The Bertz CT molecular complexity index is 281. The van der Waals surface area contributed by atoms with Gasteiger partial charge in [-0.1, -0.05) is 26.7 Å². The normalized spacial score (nSPS) is 25.5. The number of amides is 2. The molecule has 5 nitrogen and oxygen atoms in total. The maximum atomic E-state index is 11.7. The Balaban J connectivity index is 2.27. The minimum atomic E-state index is -0.934. The molecule has 0 aromatic heterocycles. The summed E-state index contributed by atoms with van der Waals surface area (Å²) >= 11 is 0. The minimum Gasteiger partial charge on any atom is -0.390 e. The Morgan fingerprint density at radius 3 is 2.82 bits per heavy atom. The second-order valence-electron chi connectivity index (χ2n) is 4.76. The SMILES string of the molecule is CCCC(C)CCNC(=O)C1C(=O)NCC1O. The van der Waals surface area contributed by atoms with Crippen LogP contribution in [0.2, 0.25) is 0 Å². The number of aliphatic hydroxyl groups excluding tert-OH is 1. The highest BCUT2D eigenvalue weighted by molar-refractivity contribution is 6.02. The summed E-state index contributed by atoms with van der Waals surface area (Å²) in [6.07, 6.45) is 2.29. The lowest BCUT2D eigenvalue weighted by atomic mass is 10.0. The molecule has 0 aromatic carbocycles. The average Bonchev–Trinajstić information content (AvgIpc) is 2.59. The van der Waals surface area contributed by atoms with Crippen LogP contribution in [0.4, 0.5) is 0 Å². The fourth-order valence-corrected chi connectivity index (χ4v) is 2.09. The molecule has 3 atom stereocenters. The second-order valence-corrected chi connectivity index (χ2v) is 4.76. The van der Waals surface area contributed by atoms with Gasteiger partial charge in [0.25, 0.3) is 0 Å². The molecule has 0 spiro atoms. The van der Waals surface area contributed by atoms with Crippen molar-refractivity contribution in [1.82, 2.24) is 10.6 Å². The molecule has 0 bridgehead atoms. The quantitative estimate of drug-likeness (QED) is 0.575. The molecular formula is C12H22N2O3. The van der Waals surface area contributed by atoms with E-state index in [1.165, 1.54) is 0 Å². The number of hydrogen-bond acceptors (Lipinski definition) is 3. The molecule has 3 N–H and O–H groups in total. The lowest BCUT2D eigenvalue weighted by Gasteiger charge is -2.14. The van der Waals surface area contributed by atoms with Crippen LogP contribution in [0.1, 0.15) is 33.1 Å². The standard InChI is InChI=1S/C12H22N2O3/c1-3-4-8(2)5-6-13-11(16)10-9(15)7-14-12(10)17/h8-10,15H,3-7H2,1-2H3,(H,13,16)(H,14,17). The molecule has 0 aromatic rings. The lowest BCUT2D eigenvalue weighted by Crippen LogP contribution is -2.40. The third kappa shape index (κ3) is 4.00. The average molecular weight is 242 g/mol. The molecule has 1 rings (SSSR count). The number of rotatable bonds is 6. The second kappa shape index (κ2) is 6.59. The molecule has 0 radical (unpaired) electrons. The van der Waals surface area contributed by atoms with E-state index in [9.17, 15) is 14.7 Å². The van der Waals surface area contributed by atoms with E-state index in [0.717, 1.165) is 19.3 Å². The van der Waals surface area contributed by atoms with Crippen LogP contribution in [0.15, 0.2) is 0 Å². The highest BCUT2D eigenvalue weighted by Gasteiger charge is 2.38. The summed E-state index contributed by atoms with van der Waals surface area (Å²) in [6.45, 7) is 5.01. The van der Waals surface area contributed by atoms with Crippen LogP contribution in [0.25, 0.3) is 0 Å². The first-order valence-corrected chi connectivity index (χ1v) is 6.29. The summed E-state index contributed by atoms with van der Waals surface area (Å²) in [5.74, 6) is -1.10. The molecule has 17 heavy (non-hydrogen) atoms. The third-order valence-electron chi connectivity index (χ3n) is 3.15. The van der Waals surface area contributed by atoms with Crippen molar-refractivity contribution in [3.63, 3.8) is 0 Å². The van der Waals surface area contributed by atoms with Crippen LogP contribution < -0.4 is 10.6 Å². The summed E-state index contributed by atoms with van der Waals surface area (Å²) in [7, 11) is 0. The zero-order valence-electron chi connectivity index (χ0n) is 10.5. The van der Waals surface area contributed by atoms with Crippen molar-refractivity contribution in [1.29, 1.82) is 0 Å². The Kier molecular flexibility index (Phi) is 5.41. The predicted molar refractivity (Wildman–Crippen MR) is 64.2 cm³/mol. The van der Waals surface area contributed by atoms with Crippen LogP contribution >= 0.6 is 0 Å². The van der Waals surface area contributed by atoms with Gasteiger partial charge in [-0.05, 0) is 12.3 Å². The highest BCUT2D eigenvalue weighted by atomic mass is 16.3. The number of β-amino-alcohol motifs (C(OH)–C–C–N with tert-alkyl or cyclic N) is 1. The molecule has 1 heterocycles. The molecule has 2 amide bonds. The predicted octanol–water partition coefficient (Wildman–Crippen LogP) is 0.0358. The van der Waals surface area contributed by atoms with Crippen molar-refractivity contribution in [3.8, 4) is 0 Å². The van der Waals surface area contributed by atoms with E-state index in [1.54, 1.807) is 0 Å². The number of carbonyl (C=O) groups excluding carboxylic acids is 2. The van der Waals surface area contributed by atoms with Crippen LogP contribution in [0.3, 0.4) is 0 Å². The highest BCUT2D eigenvalue weighted by Crippen LogP contribution is 2.12. The molecule has 0 aliphatic carbocycles. The van der Waals surface area contributed by atoms with Gasteiger partial charge in [0.2, 0.25) is 11.8 Å². The van der Waals surface area contributed by atoms with Gasteiger partial charge in [0, 0.05) is 13.1 Å². The maximum Gasteiger partial charge on any atom is 0.235 e. The Labute approximate surface area is 102 Å². The van der Waals surface area contributed by atoms with Gasteiger partial charge in [-0.15, -0.1) is 0 Å². The fraction of sp³-hybridized carbons (Fsp3) is 0.833. The monoisotopic (exact) mass is 242 g/mol. The fourth-order valence-electron chi connectivity index (χ4n) is 2.09. The molecular weight excluding hydrogens is 220 g/mol. The molecule has 1 aliphatic heterocycles. The van der Waals surface area contributed by atoms with E-state index < -0.39 is 12.0 Å². The van der Waals surface area contributed by atoms with E-state index in [2.05, 4.69) is 24.5 Å². The van der Waals surface area contributed by atoms with Crippen LogP contribution in [0, 0.1) is 11.8 Å². The minimum absolute atomic E-state index is 0.170. The summed E-state index contributed by atoms with van der Waals surface area (Å²) in [5, 5.41) is 14.7. The van der Waals surface area contributed by atoms with Crippen molar-refractivity contribution >= 4 is 11.8 Å². The molecule has 98 valence electrons. The first kappa shape index (κ1) is 14.0. The number of hydrogen-bond donors (Lipinski definition) is 3. The van der Waals surface area contributed by atoms with Gasteiger partial charge in [0.05, 0.1) is 6.10 Å². The zero-order chi connectivity index (χ0) is 12.8. The molecule has 0 saturated carbocycles. The van der Waals surface area contributed by atoms with Gasteiger partial charge in [0.1, 0.15) is 5.92 Å². The summed E-state index contributed by atoms with van der Waals surface area (Å²) in [5.41, 5.74) is 0. The van der Waals surface area contributed by atoms with Gasteiger partial charge < -0.3 is 15.7 Å². The third-order valence-corrected chi connectivity index (χ3v) is 3.15. The zero-order valence-corrected chi connectivity index (χ0v) is 10.5. The number of carbonyl (C=O) groups is 2. The Morgan fingerprint density at radius 2 is 2.29 bits per heavy atom. The molecule has 3 unspecified atom stereocenters. The van der Waals surface area contributed by atoms with Crippen molar-refractivity contribution < 1.29 is 14.7 Å². The van der Waals surface area contributed by atoms with E-state index >= 15 is 0 Å². The molecule has 1 fully saturated rings. The van der Waals surface area contributed by atoms with Crippen LogP contribution in [-0.2, 0) is 9.59 Å². The smallest absolute Gasteiger partial charge is 0.235 e. The largest absolute Gasteiger partial charge is 0.390 e. The van der Waals surface area contributed by atoms with Gasteiger partial charge in [-0.3, -0.25) is 9.59 Å². The van der Waals surface area contributed by atoms with Crippen LogP contribution in [-0.4, -0.2) is 36.1 Å². The van der Waals surface area contributed by atoms with E-state index in [-0.39, 0.29) is 18.4 Å². The topological polar surface area (TPSA) is 78.4 Å². The van der Waals surface area contributed by atoms with E-state index in [4.69, 9.17) is 0 Å². The van der Waals surface area contributed by atoms with Crippen molar-refractivity contribution in [3.05, 3.63) is 0 Å². The number of aliphatic hydroxyl groups is 1. The summed E-state index contributed by atoms with van der Waals surface area (Å²) < 4.78 is 0. The van der Waals surface area contributed by atoms with Crippen LogP contribution in [0.5, 0.6) is 0 Å². The number of nitrogens with one attached hydrogen (secondary N) is 2. The van der Waals surface area contributed by atoms with Gasteiger partial charge in [-0.2, -0.15) is 0 Å². The van der Waals surface area contributed by atoms with E-state index in [1.807, 2.05) is 0 Å².